The Morgan fingerprint density at radius 1 is 1.20 bits per heavy atom. The number of alkyl halides is 5. The number of aliphatic hydroxyl groups is 1. The van der Waals surface area contributed by atoms with Crippen LogP contribution in [0, 0.1) is 0 Å². The molecule has 0 radical (unpaired) electrons. The quantitative estimate of drug-likeness (QED) is 0.758. The molecule has 0 aromatic carbocycles. The van der Waals surface area contributed by atoms with E-state index in [-0.39, 0.29) is 5.34 Å². The molecule has 0 saturated carbocycles. The van der Waals surface area contributed by atoms with Crippen molar-refractivity contribution in [2.24, 2.45) is 0 Å². The fraction of sp³-hybridized carbons (Fsp3) is 0.857. The zero-order valence-electron chi connectivity index (χ0n) is 8.39. The molecule has 0 spiro atoms. The van der Waals surface area contributed by atoms with Gasteiger partial charge in [0.1, 0.15) is 0 Å². The molecule has 0 heterocycles. The van der Waals surface area contributed by atoms with Gasteiger partial charge in [0.15, 0.2) is 4.30 Å². The monoisotopic (exact) mass is 322 g/mol. The van der Waals surface area contributed by atoms with Crippen LogP contribution in [0.4, 0.5) is 0 Å². The Balaban J connectivity index is -0.0000000590. The standard InChI is InChI=1S/C4H8O2.CHCl3.CH2Cl2.CH4O/c1-2-3-4(5)6;2-1(3)4;2-1-3;1-2/h2-3H2,1H3,(H,5,6);1H;1H2;2H,1H3. The molecule has 0 aromatic rings. The lowest BCUT2D eigenvalue weighted by atomic mass is 10.4. The first-order chi connectivity index (χ1) is 6.92. The molecule has 0 aromatic heterocycles. The smallest absolute Gasteiger partial charge is 0.303 e. The number of carboxylic acids is 1. The first kappa shape index (κ1) is 24.9. The number of hydrogen-bond donors (Lipinski definition) is 2. The molecule has 0 aliphatic carbocycles. The summed E-state index contributed by atoms with van der Waals surface area (Å²) in [6.45, 7) is 1.84. The van der Waals surface area contributed by atoms with E-state index in [1.807, 2.05) is 6.92 Å². The number of hydrogen-bond acceptors (Lipinski definition) is 2. The lowest BCUT2D eigenvalue weighted by molar-refractivity contribution is -0.137. The van der Waals surface area contributed by atoms with Crippen molar-refractivity contribution < 1.29 is 15.0 Å². The lowest BCUT2D eigenvalue weighted by Crippen LogP contribution is -1.90. The van der Waals surface area contributed by atoms with Crippen molar-refractivity contribution in [2.45, 2.75) is 24.1 Å². The van der Waals surface area contributed by atoms with E-state index in [1.54, 1.807) is 0 Å². The second-order valence-electron chi connectivity index (χ2n) is 1.49. The fourth-order valence-electron chi connectivity index (χ4n) is 0.214. The highest BCUT2D eigenvalue weighted by atomic mass is 35.6. The molecule has 0 bridgehead atoms. The van der Waals surface area contributed by atoms with Gasteiger partial charge in [-0.3, -0.25) is 4.79 Å². The summed E-state index contributed by atoms with van der Waals surface area (Å²) in [5.41, 5.74) is 0. The van der Waals surface area contributed by atoms with Crippen LogP contribution in [-0.4, -0.2) is 32.9 Å². The van der Waals surface area contributed by atoms with Crippen LogP contribution in [0.25, 0.3) is 0 Å². The second-order valence-corrected chi connectivity index (χ2v) is 4.28. The van der Waals surface area contributed by atoms with Gasteiger partial charge in [-0.2, -0.15) is 0 Å². The van der Waals surface area contributed by atoms with Crippen molar-refractivity contribution >= 4 is 64.0 Å². The van der Waals surface area contributed by atoms with E-state index < -0.39 is 10.3 Å². The van der Waals surface area contributed by atoms with E-state index in [1.165, 1.54) is 0 Å². The zero-order chi connectivity index (χ0) is 13.3. The van der Waals surface area contributed by atoms with E-state index in [9.17, 15) is 4.79 Å². The summed E-state index contributed by atoms with van der Waals surface area (Å²) in [5.74, 6) is -0.711. The number of rotatable bonds is 2. The van der Waals surface area contributed by atoms with Crippen LogP contribution in [0.5, 0.6) is 0 Å². The van der Waals surface area contributed by atoms with Gasteiger partial charge in [-0.05, 0) is 6.42 Å². The van der Waals surface area contributed by atoms with Crippen LogP contribution < -0.4 is 0 Å². The maximum Gasteiger partial charge on any atom is 0.303 e. The minimum atomic E-state index is -0.750. The minimum Gasteiger partial charge on any atom is -0.481 e. The maximum absolute atomic E-state index is 9.60. The highest BCUT2D eigenvalue weighted by Crippen LogP contribution is 2.03. The number of aliphatic hydroxyl groups excluding tert-OH is 1. The van der Waals surface area contributed by atoms with E-state index in [2.05, 4.69) is 0 Å². The van der Waals surface area contributed by atoms with Gasteiger partial charge in [0.05, 0.1) is 5.34 Å². The number of aliphatic carboxylic acids is 1. The van der Waals surface area contributed by atoms with E-state index in [0.29, 0.717) is 6.42 Å². The zero-order valence-corrected chi connectivity index (χ0v) is 12.2. The van der Waals surface area contributed by atoms with Crippen LogP contribution >= 0.6 is 58.0 Å². The van der Waals surface area contributed by atoms with Crippen molar-refractivity contribution in [1.82, 2.24) is 0 Å². The highest BCUT2D eigenvalue weighted by molar-refractivity contribution is 6.63. The molecule has 0 unspecified atom stereocenters. The van der Waals surface area contributed by atoms with Crippen LogP contribution in [0.1, 0.15) is 19.8 Å². The van der Waals surface area contributed by atoms with E-state index in [0.717, 1.165) is 13.5 Å². The van der Waals surface area contributed by atoms with Crippen LogP contribution in [0.2, 0.25) is 0 Å². The van der Waals surface area contributed by atoms with Crippen molar-refractivity contribution in [3.8, 4) is 0 Å². The Kier molecular flexibility index (Phi) is 48.8. The summed E-state index contributed by atoms with van der Waals surface area (Å²) in [6.07, 6.45) is 1.02. The summed E-state index contributed by atoms with van der Waals surface area (Å²) in [7, 11) is 1.00. The Morgan fingerprint density at radius 2 is 1.40 bits per heavy atom. The van der Waals surface area contributed by atoms with Crippen molar-refractivity contribution in [1.29, 1.82) is 0 Å². The maximum atomic E-state index is 9.60. The third-order valence-corrected chi connectivity index (χ3v) is 0.464. The predicted octanol–water partition coefficient (Wildman–Crippen LogP) is 3.89. The molecule has 15 heavy (non-hydrogen) atoms. The van der Waals surface area contributed by atoms with Gasteiger partial charge in [0.2, 0.25) is 0 Å². The molecule has 0 atom stereocenters. The van der Waals surface area contributed by atoms with Gasteiger partial charge in [-0.25, -0.2) is 0 Å². The molecule has 96 valence electrons. The van der Waals surface area contributed by atoms with Gasteiger partial charge < -0.3 is 10.2 Å². The van der Waals surface area contributed by atoms with Crippen molar-refractivity contribution in [3.05, 3.63) is 0 Å². The molecule has 0 aliphatic rings. The molecule has 8 heteroatoms. The minimum absolute atomic E-state index is 0.194. The normalized spacial score (nSPS) is 7.27. The van der Waals surface area contributed by atoms with Crippen LogP contribution in [-0.2, 0) is 4.79 Å². The van der Waals surface area contributed by atoms with Gasteiger partial charge in [0, 0.05) is 13.5 Å². The topological polar surface area (TPSA) is 57.5 Å². The molecule has 0 aliphatic heterocycles. The Hall–Kier alpha value is 0.880. The highest BCUT2D eigenvalue weighted by Gasteiger charge is 1.87. The average molecular weight is 324 g/mol. The second kappa shape index (κ2) is 29.4. The molecule has 0 fully saturated rings. The molecule has 0 saturated heterocycles. The number of halogens is 5. The first-order valence-corrected chi connectivity index (χ1v) is 6.00. The third-order valence-electron chi connectivity index (χ3n) is 0.464. The van der Waals surface area contributed by atoms with Crippen molar-refractivity contribution in [2.75, 3.05) is 12.4 Å². The van der Waals surface area contributed by atoms with Gasteiger partial charge in [-0.15, -0.1) is 23.2 Å². The van der Waals surface area contributed by atoms with E-state index in [4.69, 9.17) is 68.2 Å². The lowest BCUT2D eigenvalue weighted by Gasteiger charge is -1.79. The molecule has 0 amide bonds. The number of carbonyl (C=O) groups is 1. The van der Waals surface area contributed by atoms with Crippen molar-refractivity contribution in [3.63, 3.8) is 0 Å². The van der Waals surface area contributed by atoms with E-state index >= 15 is 0 Å². The third kappa shape index (κ3) is 164. The van der Waals surface area contributed by atoms with Crippen LogP contribution in [0.15, 0.2) is 0 Å². The van der Waals surface area contributed by atoms with Gasteiger partial charge in [0.25, 0.3) is 0 Å². The fourth-order valence-corrected chi connectivity index (χ4v) is 0.214. The molecule has 3 nitrogen and oxygen atoms in total. The molecule has 0 rings (SSSR count). The predicted molar refractivity (Wildman–Crippen MR) is 68.6 cm³/mol. The summed E-state index contributed by atoms with van der Waals surface area (Å²) in [4.78, 5) is 9.60. The van der Waals surface area contributed by atoms with Gasteiger partial charge >= 0.3 is 5.97 Å². The molecular weight excluding hydrogens is 309 g/mol. The first-order valence-electron chi connectivity index (χ1n) is 3.62. The summed E-state index contributed by atoms with van der Waals surface area (Å²) in [5, 5.41) is 15.1. The summed E-state index contributed by atoms with van der Waals surface area (Å²) in [6, 6.07) is 0. The molecule has 2 N–H and O–H groups in total. The summed E-state index contributed by atoms with van der Waals surface area (Å²) < 4.78 is -0.750. The largest absolute Gasteiger partial charge is 0.481 e. The molecular formula is C7H15Cl5O3. The summed E-state index contributed by atoms with van der Waals surface area (Å²) >= 11 is 23.9. The Morgan fingerprint density at radius 3 is 1.40 bits per heavy atom. The number of carboxylic acid groups (broad SMARTS) is 1. The van der Waals surface area contributed by atoms with Crippen LogP contribution in [0.3, 0.4) is 0 Å². The Labute approximate surface area is 115 Å². The average Bonchev–Trinajstić information content (AvgIpc) is 2.07. The SMILES string of the molecule is CCCC(=O)O.CO.ClC(Cl)Cl.ClCCl. The van der Waals surface area contributed by atoms with Gasteiger partial charge in [-0.1, -0.05) is 41.7 Å². The Bertz CT molecular complexity index is 99.9.